The Labute approximate surface area is 173 Å². The van der Waals surface area contributed by atoms with Gasteiger partial charge in [0.15, 0.2) is 0 Å². The molecular weight excluding hydrogens is 382 g/mol. The Bertz CT molecular complexity index is 1150. The van der Waals surface area contributed by atoms with Gasteiger partial charge in [0, 0.05) is 5.56 Å². The number of para-hydroxylation sites is 2. The summed E-state index contributed by atoms with van der Waals surface area (Å²) in [6, 6.07) is 25.6. The van der Waals surface area contributed by atoms with Gasteiger partial charge in [0.2, 0.25) is 5.91 Å². The van der Waals surface area contributed by atoms with Crippen molar-refractivity contribution in [2.75, 3.05) is 18.2 Å². The van der Waals surface area contributed by atoms with E-state index < -0.39 is 0 Å². The third kappa shape index (κ3) is 4.55. The zero-order valence-corrected chi connectivity index (χ0v) is 16.6. The Morgan fingerprint density at radius 1 is 0.931 bits per heavy atom. The van der Waals surface area contributed by atoms with Crippen LogP contribution in [0.3, 0.4) is 0 Å². The first kappa shape index (κ1) is 19.0. The summed E-state index contributed by atoms with van der Waals surface area (Å²) in [5.41, 5.74) is 2.47. The van der Waals surface area contributed by atoms with Crippen molar-refractivity contribution in [3.8, 4) is 17.0 Å². The molecule has 0 aliphatic rings. The van der Waals surface area contributed by atoms with Crippen LogP contribution in [-0.4, -0.2) is 29.0 Å². The molecule has 0 fully saturated rings. The molecule has 6 heteroatoms. The van der Waals surface area contributed by atoms with Crippen molar-refractivity contribution in [1.29, 1.82) is 0 Å². The molecule has 5 nitrogen and oxygen atoms in total. The minimum atomic E-state index is -0.125. The Morgan fingerprint density at radius 3 is 2.52 bits per heavy atom. The average molecular weight is 401 g/mol. The van der Waals surface area contributed by atoms with Crippen molar-refractivity contribution in [1.82, 2.24) is 10.2 Å². The maximum absolute atomic E-state index is 12.2. The van der Waals surface area contributed by atoms with E-state index >= 15 is 0 Å². The molecule has 4 aromatic rings. The molecule has 144 valence electrons. The number of nitrogens with one attached hydrogen (secondary N) is 1. The second-order valence-corrected chi connectivity index (χ2v) is 7.35. The SMILES string of the molecule is COc1ccccc1NC(=O)CSc1ccc(-c2ccc3ccccc3c2)nn1. The third-order valence-corrected chi connectivity index (χ3v) is 5.34. The lowest BCUT2D eigenvalue weighted by atomic mass is 10.1. The molecule has 1 aromatic heterocycles. The molecule has 0 saturated heterocycles. The van der Waals surface area contributed by atoms with Gasteiger partial charge < -0.3 is 10.1 Å². The fourth-order valence-electron chi connectivity index (χ4n) is 2.97. The third-order valence-electron chi connectivity index (χ3n) is 4.42. The van der Waals surface area contributed by atoms with E-state index in [-0.39, 0.29) is 11.7 Å². The molecule has 29 heavy (non-hydrogen) atoms. The van der Waals surface area contributed by atoms with Crippen LogP contribution in [0.5, 0.6) is 5.75 Å². The number of aromatic nitrogens is 2. The zero-order valence-electron chi connectivity index (χ0n) is 15.8. The summed E-state index contributed by atoms with van der Waals surface area (Å²) >= 11 is 1.34. The Balaban J connectivity index is 1.39. The molecule has 0 radical (unpaired) electrons. The topological polar surface area (TPSA) is 64.1 Å². The quantitative estimate of drug-likeness (QED) is 0.459. The van der Waals surface area contributed by atoms with E-state index in [0.29, 0.717) is 16.5 Å². The molecule has 3 aromatic carbocycles. The first-order valence-electron chi connectivity index (χ1n) is 9.11. The number of hydrogen-bond acceptors (Lipinski definition) is 5. The highest BCUT2D eigenvalue weighted by molar-refractivity contribution is 7.99. The van der Waals surface area contributed by atoms with Gasteiger partial charge in [-0.15, -0.1) is 10.2 Å². The Morgan fingerprint density at radius 2 is 1.72 bits per heavy atom. The average Bonchev–Trinajstić information content (AvgIpc) is 2.78. The molecule has 4 rings (SSSR count). The maximum Gasteiger partial charge on any atom is 0.234 e. The summed E-state index contributed by atoms with van der Waals surface area (Å²) in [6.45, 7) is 0. The first-order valence-corrected chi connectivity index (χ1v) is 10.1. The van der Waals surface area contributed by atoms with E-state index in [9.17, 15) is 4.79 Å². The lowest BCUT2D eigenvalue weighted by Crippen LogP contribution is -2.14. The van der Waals surface area contributed by atoms with Gasteiger partial charge in [0.1, 0.15) is 10.8 Å². The number of benzene rings is 3. The lowest BCUT2D eigenvalue weighted by molar-refractivity contribution is -0.113. The van der Waals surface area contributed by atoms with Crippen molar-refractivity contribution in [2.24, 2.45) is 0 Å². The van der Waals surface area contributed by atoms with Crippen LogP contribution in [0.15, 0.2) is 83.9 Å². The highest BCUT2D eigenvalue weighted by Gasteiger charge is 2.09. The van der Waals surface area contributed by atoms with E-state index in [1.54, 1.807) is 19.2 Å². The largest absolute Gasteiger partial charge is 0.495 e. The lowest BCUT2D eigenvalue weighted by Gasteiger charge is -2.09. The van der Waals surface area contributed by atoms with Crippen molar-refractivity contribution in [3.05, 3.63) is 78.9 Å². The van der Waals surface area contributed by atoms with Gasteiger partial charge in [-0.25, -0.2) is 0 Å². The van der Waals surface area contributed by atoms with Gasteiger partial charge in [-0.1, -0.05) is 60.3 Å². The molecular formula is C23H19N3O2S. The van der Waals surface area contributed by atoms with Crippen molar-refractivity contribution < 1.29 is 9.53 Å². The maximum atomic E-state index is 12.2. The molecule has 0 atom stereocenters. The van der Waals surface area contributed by atoms with Crippen LogP contribution < -0.4 is 10.1 Å². The molecule has 1 amide bonds. The second kappa shape index (κ2) is 8.75. The van der Waals surface area contributed by atoms with E-state index in [0.717, 1.165) is 11.3 Å². The standard InChI is InChI=1S/C23H19N3O2S/c1-28-21-9-5-4-8-20(21)24-22(27)15-29-23-13-12-19(25-26-23)18-11-10-16-6-2-3-7-17(16)14-18/h2-14H,15H2,1H3,(H,24,27). The van der Waals surface area contributed by atoms with Crippen LogP contribution in [0.4, 0.5) is 5.69 Å². The van der Waals surface area contributed by atoms with Crippen molar-refractivity contribution in [2.45, 2.75) is 5.03 Å². The first-order chi connectivity index (χ1) is 14.2. The highest BCUT2D eigenvalue weighted by Crippen LogP contribution is 2.25. The number of carbonyl (C=O) groups is 1. The van der Waals surface area contributed by atoms with E-state index in [1.807, 2.05) is 42.5 Å². The predicted molar refractivity (Wildman–Crippen MR) is 117 cm³/mol. The molecule has 0 bridgehead atoms. The molecule has 0 saturated carbocycles. The van der Waals surface area contributed by atoms with Crippen LogP contribution in [0.1, 0.15) is 0 Å². The van der Waals surface area contributed by atoms with Gasteiger partial charge in [-0.2, -0.15) is 0 Å². The van der Waals surface area contributed by atoms with Crippen molar-refractivity contribution >= 4 is 34.1 Å². The van der Waals surface area contributed by atoms with Gasteiger partial charge in [-0.05, 0) is 41.1 Å². The normalized spacial score (nSPS) is 10.7. The van der Waals surface area contributed by atoms with E-state index in [1.165, 1.54) is 22.5 Å². The zero-order chi connectivity index (χ0) is 20.1. The van der Waals surface area contributed by atoms with Gasteiger partial charge in [0.05, 0.1) is 24.2 Å². The minimum absolute atomic E-state index is 0.125. The summed E-state index contributed by atoms with van der Waals surface area (Å²) in [5.74, 6) is 0.743. The van der Waals surface area contributed by atoms with Gasteiger partial charge in [0.25, 0.3) is 0 Å². The highest BCUT2D eigenvalue weighted by atomic mass is 32.2. The number of anilines is 1. The molecule has 0 unspecified atom stereocenters. The number of fused-ring (bicyclic) bond motifs is 1. The second-order valence-electron chi connectivity index (χ2n) is 6.36. The number of amides is 1. The number of nitrogens with zero attached hydrogens (tertiary/aromatic N) is 2. The molecule has 0 spiro atoms. The number of hydrogen-bond donors (Lipinski definition) is 1. The monoisotopic (exact) mass is 401 g/mol. The summed E-state index contributed by atoms with van der Waals surface area (Å²) in [4.78, 5) is 12.2. The van der Waals surface area contributed by atoms with Crippen LogP contribution in [0.25, 0.3) is 22.0 Å². The van der Waals surface area contributed by atoms with Crippen LogP contribution >= 0.6 is 11.8 Å². The van der Waals surface area contributed by atoms with Gasteiger partial charge >= 0.3 is 0 Å². The smallest absolute Gasteiger partial charge is 0.234 e. The minimum Gasteiger partial charge on any atom is -0.495 e. The fourth-order valence-corrected chi connectivity index (χ4v) is 3.59. The summed E-state index contributed by atoms with van der Waals surface area (Å²) < 4.78 is 5.25. The fraction of sp³-hybridized carbons (Fsp3) is 0.0870. The van der Waals surface area contributed by atoms with Gasteiger partial charge in [-0.3, -0.25) is 4.79 Å². The summed E-state index contributed by atoms with van der Waals surface area (Å²) in [5, 5.41) is 14.5. The van der Waals surface area contributed by atoms with Crippen LogP contribution in [0, 0.1) is 0 Å². The summed E-state index contributed by atoms with van der Waals surface area (Å²) in [6.07, 6.45) is 0. The number of ether oxygens (including phenoxy) is 1. The number of thioether (sulfide) groups is 1. The number of carbonyl (C=O) groups excluding carboxylic acids is 1. The molecule has 1 heterocycles. The summed E-state index contributed by atoms with van der Waals surface area (Å²) in [7, 11) is 1.58. The molecule has 0 aliphatic carbocycles. The molecule has 1 N–H and O–H groups in total. The predicted octanol–water partition coefficient (Wildman–Crippen LogP) is 5.04. The Kier molecular flexibility index (Phi) is 5.72. The van der Waals surface area contributed by atoms with E-state index in [4.69, 9.17) is 4.74 Å². The van der Waals surface area contributed by atoms with Crippen LogP contribution in [0.2, 0.25) is 0 Å². The number of methoxy groups -OCH3 is 1. The Hall–Kier alpha value is -3.38. The van der Waals surface area contributed by atoms with Crippen LogP contribution in [-0.2, 0) is 4.79 Å². The molecule has 0 aliphatic heterocycles. The van der Waals surface area contributed by atoms with E-state index in [2.05, 4.69) is 39.8 Å². The van der Waals surface area contributed by atoms with Crippen molar-refractivity contribution in [3.63, 3.8) is 0 Å². The number of rotatable bonds is 6.